The maximum absolute atomic E-state index is 11.5. The van der Waals surface area contributed by atoms with Crippen molar-refractivity contribution >= 4 is 6.09 Å². The summed E-state index contributed by atoms with van der Waals surface area (Å²) in [4.78, 5) is 11.5. The van der Waals surface area contributed by atoms with Gasteiger partial charge in [0.15, 0.2) is 0 Å². The predicted molar refractivity (Wildman–Crippen MR) is 63.1 cm³/mol. The first-order valence-corrected chi connectivity index (χ1v) is 6.09. The Morgan fingerprint density at radius 3 is 2.62 bits per heavy atom. The van der Waals surface area contributed by atoms with Gasteiger partial charge < -0.3 is 10.1 Å². The van der Waals surface area contributed by atoms with Gasteiger partial charge in [0.2, 0.25) is 0 Å². The van der Waals surface area contributed by atoms with E-state index in [-0.39, 0.29) is 6.09 Å². The molecule has 90 valence electrons. The SMILES string of the molecule is CC(C)(C)OC(=O)NCC1CC2C=CC1C2. The fourth-order valence-electron chi connectivity index (χ4n) is 2.66. The summed E-state index contributed by atoms with van der Waals surface area (Å²) in [5.74, 6) is 2.05. The highest BCUT2D eigenvalue weighted by Gasteiger charge is 2.35. The summed E-state index contributed by atoms with van der Waals surface area (Å²) in [5, 5.41) is 2.87. The van der Waals surface area contributed by atoms with E-state index in [1.54, 1.807) is 0 Å². The summed E-state index contributed by atoms with van der Waals surface area (Å²) in [6.07, 6.45) is 6.82. The maximum Gasteiger partial charge on any atom is 0.407 e. The molecule has 3 heteroatoms. The molecule has 2 rings (SSSR count). The minimum Gasteiger partial charge on any atom is -0.444 e. The number of carbonyl (C=O) groups excluding carboxylic acids is 1. The number of carbonyl (C=O) groups is 1. The van der Waals surface area contributed by atoms with Crippen molar-refractivity contribution < 1.29 is 9.53 Å². The third-order valence-corrected chi connectivity index (χ3v) is 3.32. The van der Waals surface area contributed by atoms with E-state index in [2.05, 4.69) is 17.5 Å². The van der Waals surface area contributed by atoms with Crippen molar-refractivity contribution in [3.05, 3.63) is 12.2 Å². The average molecular weight is 223 g/mol. The van der Waals surface area contributed by atoms with E-state index in [0.29, 0.717) is 11.8 Å². The lowest BCUT2D eigenvalue weighted by Crippen LogP contribution is -2.36. The summed E-state index contributed by atoms with van der Waals surface area (Å²) in [7, 11) is 0. The molecule has 0 aliphatic heterocycles. The molecule has 3 atom stereocenters. The molecule has 2 aliphatic carbocycles. The highest BCUT2D eigenvalue weighted by Crippen LogP contribution is 2.42. The third-order valence-electron chi connectivity index (χ3n) is 3.32. The number of rotatable bonds is 2. The Kier molecular flexibility index (Phi) is 2.96. The molecule has 0 heterocycles. The first-order valence-electron chi connectivity index (χ1n) is 6.09. The lowest BCUT2D eigenvalue weighted by atomic mass is 9.94. The molecule has 3 nitrogen and oxygen atoms in total. The molecule has 1 N–H and O–H groups in total. The third kappa shape index (κ3) is 2.77. The highest BCUT2D eigenvalue weighted by molar-refractivity contribution is 5.67. The number of nitrogens with one attached hydrogen (secondary N) is 1. The Bertz CT molecular complexity index is 304. The predicted octanol–water partition coefficient (Wildman–Crippen LogP) is 2.72. The first kappa shape index (κ1) is 11.5. The van der Waals surface area contributed by atoms with Crippen LogP contribution in [-0.4, -0.2) is 18.2 Å². The van der Waals surface area contributed by atoms with Gasteiger partial charge in [0.05, 0.1) is 0 Å². The van der Waals surface area contributed by atoms with Gasteiger partial charge in [-0.25, -0.2) is 4.79 Å². The molecule has 2 bridgehead atoms. The fourth-order valence-corrected chi connectivity index (χ4v) is 2.66. The van der Waals surface area contributed by atoms with Crippen molar-refractivity contribution in [2.24, 2.45) is 17.8 Å². The maximum atomic E-state index is 11.5. The van der Waals surface area contributed by atoms with E-state index in [1.807, 2.05) is 20.8 Å². The van der Waals surface area contributed by atoms with Gasteiger partial charge in [0.1, 0.15) is 5.60 Å². The summed E-state index contributed by atoms with van der Waals surface area (Å²) in [5.41, 5.74) is -0.404. The molecule has 1 saturated carbocycles. The largest absolute Gasteiger partial charge is 0.444 e. The summed E-state index contributed by atoms with van der Waals surface area (Å²) < 4.78 is 5.21. The second kappa shape index (κ2) is 4.11. The van der Waals surface area contributed by atoms with E-state index in [9.17, 15) is 4.79 Å². The van der Waals surface area contributed by atoms with Crippen molar-refractivity contribution in [1.29, 1.82) is 0 Å². The van der Waals surface area contributed by atoms with E-state index in [1.165, 1.54) is 12.8 Å². The van der Waals surface area contributed by atoms with Crippen LogP contribution in [0.25, 0.3) is 0 Å². The Labute approximate surface area is 97.2 Å². The van der Waals surface area contributed by atoms with Crippen LogP contribution in [0.4, 0.5) is 4.79 Å². The normalized spacial score (nSPS) is 31.8. The average Bonchev–Trinajstić information content (AvgIpc) is 2.72. The van der Waals surface area contributed by atoms with Crippen molar-refractivity contribution in [2.75, 3.05) is 6.54 Å². The Morgan fingerprint density at radius 1 is 1.38 bits per heavy atom. The topological polar surface area (TPSA) is 38.3 Å². The molecule has 0 aromatic rings. The number of allylic oxidation sites excluding steroid dienone is 2. The van der Waals surface area contributed by atoms with Crippen LogP contribution in [0.3, 0.4) is 0 Å². The zero-order chi connectivity index (χ0) is 11.8. The number of hydrogen-bond acceptors (Lipinski definition) is 2. The van der Waals surface area contributed by atoms with Gasteiger partial charge in [-0.1, -0.05) is 12.2 Å². The van der Waals surface area contributed by atoms with Crippen molar-refractivity contribution in [3.63, 3.8) is 0 Å². The van der Waals surface area contributed by atoms with Crippen LogP contribution < -0.4 is 5.32 Å². The van der Waals surface area contributed by atoms with Gasteiger partial charge in [-0.2, -0.15) is 0 Å². The number of alkyl carbamates (subject to hydrolysis) is 1. The first-order chi connectivity index (χ1) is 7.44. The van der Waals surface area contributed by atoms with E-state index >= 15 is 0 Å². The smallest absolute Gasteiger partial charge is 0.407 e. The lowest BCUT2D eigenvalue weighted by molar-refractivity contribution is 0.0517. The number of hydrogen-bond donors (Lipinski definition) is 1. The van der Waals surface area contributed by atoms with Gasteiger partial charge >= 0.3 is 6.09 Å². The lowest BCUT2D eigenvalue weighted by Gasteiger charge is -2.22. The second-order valence-corrected chi connectivity index (χ2v) is 5.92. The number of amides is 1. The van der Waals surface area contributed by atoms with Crippen LogP contribution in [0.15, 0.2) is 12.2 Å². The molecule has 2 aliphatic rings. The molecule has 16 heavy (non-hydrogen) atoms. The zero-order valence-electron chi connectivity index (χ0n) is 10.3. The zero-order valence-corrected chi connectivity index (χ0v) is 10.3. The molecule has 1 fully saturated rings. The van der Waals surface area contributed by atoms with E-state index < -0.39 is 5.60 Å². The number of ether oxygens (including phenoxy) is 1. The quantitative estimate of drug-likeness (QED) is 0.731. The highest BCUT2D eigenvalue weighted by atomic mass is 16.6. The van der Waals surface area contributed by atoms with Gasteiger partial charge in [0.25, 0.3) is 0 Å². The van der Waals surface area contributed by atoms with Gasteiger partial charge in [-0.05, 0) is 51.4 Å². The summed E-state index contributed by atoms with van der Waals surface area (Å²) >= 11 is 0. The Morgan fingerprint density at radius 2 is 2.12 bits per heavy atom. The van der Waals surface area contributed by atoms with Crippen molar-refractivity contribution in [1.82, 2.24) is 5.32 Å². The summed E-state index contributed by atoms with van der Waals surface area (Å²) in [6, 6.07) is 0. The molecule has 0 spiro atoms. The summed E-state index contributed by atoms with van der Waals surface area (Å²) in [6.45, 7) is 6.40. The molecule has 0 aromatic carbocycles. The monoisotopic (exact) mass is 223 g/mol. The Balaban J connectivity index is 1.72. The molecular formula is C13H21NO2. The van der Waals surface area contributed by atoms with Crippen LogP contribution in [0.5, 0.6) is 0 Å². The van der Waals surface area contributed by atoms with E-state index in [0.717, 1.165) is 12.5 Å². The standard InChI is InChI=1S/C13H21NO2/c1-13(2,3)16-12(15)14-8-11-7-9-4-5-10(11)6-9/h4-5,9-11H,6-8H2,1-3H3,(H,14,15). The van der Waals surface area contributed by atoms with Crippen LogP contribution >= 0.6 is 0 Å². The molecule has 0 saturated heterocycles. The van der Waals surface area contributed by atoms with Gasteiger partial charge in [-0.3, -0.25) is 0 Å². The van der Waals surface area contributed by atoms with Crippen LogP contribution in [0.2, 0.25) is 0 Å². The van der Waals surface area contributed by atoms with Crippen molar-refractivity contribution in [3.8, 4) is 0 Å². The van der Waals surface area contributed by atoms with Crippen molar-refractivity contribution in [2.45, 2.75) is 39.2 Å². The van der Waals surface area contributed by atoms with Gasteiger partial charge in [-0.15, -0.1) is 0 Å². The van der Waals surface area contributed by atoms with Gasteiger partial charge in [0, 0.05) is 6.54 Å². The minimum absolute atomic E-state index is 0.292. The molecule has 0 aromatic heterocycles. The second-order valence-electron chi connectivity index (χ2n) is 5.92. The molecular weight excluding hydrogens is 202 g/mol. The van der Waals surface area contributed by atoms with Crippen LogP contribution in [0, 0.1) is 17.8 Å². The minimum atomic E-state index is -0.404. The van der Waals surface area contributed by atoms with Crippen LogP contribution in [0.1, 0.15) is 33.6 Å². The van der Waals surface area contributed by atoms with E-state index in [4.69, 9.17) is 4.74 Å². The Hall–Kier alpha value is -0.990. The molecule has 1 amide bonds. The molecule has 3 unspecified atom stereocenters. The van der Waals surface area contributed by atoms with Crippen LogP contribution in [-0.2, 0) is 4.74 Å². The number of fused-ring (bicyclic) bond motifs is 2. The fraction of sp³-hybridized carbons (Fsp3) is 0.769. The molecule has 0 radical (unpaired) electrons.